The average Bonchev–Trinajstić information content (AvgIpc) is 2.41. The van der Waals surface area contributed by atoms with Crippen LogP contribution in [0.15, 0.2) is 0 Å². The fourth-order valence-electron chi connectivity index (χ4n) is 2.86. The molecule has 5 heteroatoms. The molecule has 0 aromatic carbocycles. The Morgan fingerprint density at radius 1 is 1.35 bits per heavy atom. The summed E-state index contributed by atoms with van der Waals surface area (Å²) in [6, 6.07) is -1.13. The fourth-order valence-corrected chi connectivity index (χ4v) is 2.86. The van der Waals surface area contributed by atoms with Crippen molar-refractivity contribution < 1.29 is 14.7 Å². The number of carbonyl (C=O) groups is 2. The van der Waals surface area contributed by atoms with Crippen LogP contribution < -0.4 is 10.6 Å². The summed E-state index contributed by atoms with van der Waals surface area (Å²) in [5.74, 6) is 0.304. The predicted molar refractivity (Wildman–Crippen MR) is 78.6 cm³/mol. The molecule has 0 heterocycles. The van der Waals surface area contributed by atoms with Crippen molar-refractivity contribution in [2.75, 3.05) is 6.54 Å². The lowest BCUT2D eigenvalue weighted by atomic mass is 9.82. The van der Waals surface area contributed by atoms with Gasteiger partial charge in [-0.3, -0.25) is 0 Å². The third-order valence-corrected chi connectivity index (χ3v) is 4.05. The molecular formula is C15H28N2O3. The molecule has 0 bridgehead atoms. The minimum absolute atomic E-state index is 0.355. The van der Waals surface area contributed by atoms with Crippen molar-refractivity contribution in [3.63, 3.8) is 0 Å². The Morgan fingerprint density at radius 3 is 2.70 bits per heavy atom. The van der Waals surface area contributed by atoms with Crippen LogP contribution in [0.1, 0.15) is 58.8 Å². The van der Waals surface area contributed by atoms with Crippen LogP contribution in [0.25, 0.3) is 0 Å². The summed E-state index contributed by atoms with van der Waals surface area (Å²) in [5.41, 5.74) is 0. The van der Waals surface area contributed by atoms with Crippen LogP contribution in [-0.4, -0.2) is 29.7 Å². The van der Waals surface area contributed by atoms with Gasteiger partial charge in [0.2, 0.25) is 0 Å². The molecule has 1 fully saturated rings. The van der Waals surface area contributed by atoms with Crippen LogP contribution in [0.4, 0.5) is 4.79 Å². The molecular weight excluding hydrogens is 256 g/mol. The van der Waals surface area contributed by atoms with Gasteiger partial charge in [0.25, 0.3) is 0 Å². The van der Waals surface area contributed by atoms with E-state index in [1.54, 1.807) is 0 Å². The highest BCUT2D eigenvalue weighted by molar-refractivity contribution is 5.82. The molecule has 0 saturated heterocycles. The lowest BCUT2D eigenvalue weighted by Gasteiger charge is -2.27. The highest BCUT2D eigenvalue weighted by Gasteiger charge is 2.21. The van der Waals surface area contributed by atoms with E-state index in [4.69, 9.17) is 5.11 Å². The monoisotopic (exact) mass is 284 g/mol. The van der Waals surface area contributed by atoms with Gasteiger partial charge in [-0.1, -0.05) is 39.5 Å². The van der Waals surface area contributed by atoms with Crippen LogP contribution in [0.2, 0.25) is 0 Å². The van der Waals surface area contributed by atoms with E-state index in [2.05, 4.69) is 17.6 Å². The molecule has 3 atom stereocenters. The lowest BCUT2D eigenvalue weighted by Crippen LogP contribution is -2.47. The first-order valence-electron chi connectivity index (χ1n) is 7.80. The third-order valence-electron chi connectivity index (χ3n) is 4.05. The highest BCUT2D eigenvalue weighted by atomic mass is 16.4. The number of hydrogen-bond acceptors (Lipinski definition) is 2. The summed E-state index contributed by atoms with van der Waals surface area (Å²) >= 11 is 0. The Morgan fingerprint density at radius 2 is 2.10 bits per heavy atom. The second kappa shape index (κ2) is 8.82. The van der Waals surface area contributed by atoms with E-state index >= 15 is 0 Å². The number of carbonyl (C=O) groups excluding carboxylic acids is 1. The number of rotatable bonds is 7. The van der Waals surface area contributed by atoms with E-state index < -0.39 is 12.0 Å². The molecule has 1 aliphatic carbocycles. The molecule has 116 valence electrons. The van der Waals surface area contributed by atoms with Crippen LogP contribution in [-0.2, 0) is 4.79 Å². The van der Waals surface area contributed by atoms with Crippen molar-refractivity contribution >= 4 is 12.0 Å². The number of urea groups is 1. The molecule has 0 aromatic rings. The zero-order chi connectivity index (χ0) is 15.0. The first-order chi connectivity index (χ1) is 9.52. The Kier molecular flexibility index (Phi) is 7.41. The van der Waals surface area contributed by atoms with E-state index in [-0.39, 0.29) is 6.03 Å². The second-order valence-corrected chi connectivity index (χ2v) is 6.03. The van der Waals surface area contributed by atoms with E-state index in [0.29, 0.717) is 18.9 Å². The minimum Gasteiger partial charge on any atom is -0.480 e. The molecule has 2 unspecified atom stereocenters. The largest absolute Gasteiger partial charge is 0.480 e. The lowest BCUT2D eigenvalue weighted by molar-refractivity contribution is -0.139. The quantitative estimate of drug-likeness (QED) is 0.672. The Balaban J connectivity index is 2.28. The number of amides is 2. The second-order valence-electron chi connectivity index (χ2n) is 6.03. The van der Waals surface area contributed by atoms with Crippen molar-refractivity contribution in [2.45, 2.75) is 64.8 Å². The van der Waals surface area contributed by atoms with E-state index in [9.17, 15) is 9.59 Å². The van der Waals surface area contributed by atoms with Crippen LogP contribution >= 0.6 is 0 Å². The normalized spacial score (nSPS) is 23.9. The highest BCUT2D eigenvalue weighted by Crippen LogP contribution is 2.27. The Bertz CT molecular complexity index is 320. The maximum atomic E-state index is 11.8. The van der Waals surface area contributed by atoms with Gasteiger partial charge < -0.3 is 15.7 Å². The molecule has 1 rings (SSSR count). The molecule has 5 nitrogen and oxygen atoms in total. The van der Waals surface area contributed by atoms with Gasteiger partial charge in [0.05, 0.1) is 0 Å². The standard InChI is InChI=1S/C15H28N2O3/c1-3-4-8-13(14(18)19)17-15(20)16-10-12-7-5-6-11(2)9-12/h11-13H,3-10H2,1-2H3,(H,18,19)(H2,16,17,20)/t11?,12?,13-/m0/s1. The van der Waals surface area contributed by atoms with Gasteiger partial charge in [-0.15, -0.1) is 0 Å². The van der Waals surface area contributed by atoms with Gasteiger partial charge in [0, 0.05) is 6.54 Å². The summed E-state index contributed by atoms with van der Waals surface area (Å²) in [6.45, 7) is 4.90. The van der Waals surface area contributed by atoms with Gasteiger partial charge in [0.1, 0.15) is 6.04 Å². The molecule has 3 N–H and O–H groups in total. The van der Waals surface area contributed by atoms with Crippen molar-refractivity contribution in [2.24, 2.45) is 11.8 Å². The van der Waals surface area contributed by atoms with Crippen molar-refractivity contribution in [1.82, 2.24) is 10.6 Å². The van der Waals surface area contributed by atoms with E-state index in [0.717, 1.165) is 31.6 Å². The maximum absolute atomic E-state index is 11.8. The van der Waals surface area contributed by atoms with Crippen molar-refractivity contribution in [3.8, 4) is 0 Å². The van der Waals surface area contributed by atoms with Crippen LogP contribution in [0, 0.1) is 11.8 Å². The average molecular weight is 284 g/mol. The number of carboxylic acids is 1. The van der Waals surface area contributed by atoms with E-state index in [1.807, 2.05) is 6.92 Å². The number of hydrogen-bond donors (Lipinski definition) is 3. The number of nitrogens with one attached hydrogen (secondary N) is 2. The van der Waals surface area contributed by atoms with Gasteiger partial charge in [-0.2, -0.15) is 0 Å². The molecule has 1 saturated carbocycles. The smallest absolute Gasteiger partial charge is 0.326 e. The molecule has 2 amide bonds. The van der Waals surface area contributed by atoms with Crippen molar-refractivity contribution in [3.05, 3.63) is 0 Å². The number of carboxylic acid groups (broad SMARTS) is 1. The van der Waals surface area contributed by atoms with Gasteiger partial charge in [-0.05, 0) is 31.1 Å². The Labute approximate surface area is 121 Å². The zero-order valence-electron chi connectivity index (χ0n) is 12.7. The summed E-state index contributed by atoms with van der Waals surface area (Å²) in [6.07, 6.45) is 7.02. The molecule has 20 heavy (non-hydrogen) atoms. The SMILES string of the molecule is CCCC[C@H](NC(=O)NCC1CCCC(C)C1)C(=O)O. The van der Waals surface area contributed by atoms with Gasteiger partial charge in [-0.25, -0.2) is 9.59 Å². The topological polar surface area (TPSA) is 78.4 Å². The zero-order valence-corrected chi connectivity index (χ0v) is 12.7. The summed E-state index contributed by atoms with van der Waals surface area (Å²) in [4.78, 5) is 22.8. The molecule has 0 spiro atoms. The summed E-state index contributed by atoms with van der Waals surface area (Å²) in [7, 11) is 0. The summed E-state index contributed by atoms with van der Waals surface area (Å²) < 4.78 is 0. The molecule has 1 aliphatic rings. The molecule has 0 aromatic heterocycles. The molecule has 0 radical (unpaired) electrons. The first-order valence-corrected chi connectivity index (χ1v) is 7.80. The molecule has 0 aliphatic heterocycles. The van der Waals surface area contributed by atoms with Crippen molar-refractivity contribution in [1.29, 1.82) is 0 Å². The number of aliphatic carboxylic acids is 1. The number of unbranched alkanes of at least 4 members (excludes halogenated alkanes) is 1. The summed E-state index contributed by atoms with van der Waals surface area (Å²) in [5, 5.41) is 14.4. The van der Waals surface area contributed by atoms with Gasteiger partial charge in [0.15, 0.2) is 0 Å². The maximum Gasteiger partial charge on any atom is 0.326 e. The van der Waals surface area contributed by atoms with Crippen LogP contribution in [0.5, 0.6) is 0 Å². The third kappa shape index (κ3) is 6.26. The Hall–Kier alpha value is -1.26. The van der Waals surface area contributed by atoms with Crippen LogP contribution in [0.3, 0.4) is 0 Å². The van der Waals surface area contributed by atoms with Gasteiger partial charge >= 0.3 is 12.0 Å². The predicted octanol–water partition coefficient (Wildman–Crippen LogP) is 2.76. The van der Waals surface area contributed by atoms with E-state index in [1.165, 1.54) is 12.8 Å². The minimum atomic E-state index is -0.958. The first kappa shape index (κ1) is 16.8. The fraction of sp³-hybridized carbons (Fsp3) is 0.867.